The number of aliphatic hydroxyl groups is 1. The van der Waals surface area contributed by atoms with Gasteiger partial charge in [0.05, 0.1) is 19.1 Å². The van der Waals surface area contributed by atoms with Gasteiger partial charge in [-0.05, 0) is 57.1 Å². The highest BCUT2D eigenvalue weighted by Gasteiger charge is 2.32. The number of carbonyl (C=O) groups excluding carboxylic acids is 5. The SMILES string of the molecule is CC(C)[C@H]1NC(=O)CC[C@@H](C(=O)NCCCN(C)C)NC(=O)C[C@H](c2ccc(F)cc2)NC(=O)[C@H](CO)NC1=O. The van der Waals surface area contributed by atoms with Crippen molar-refractivity contribution < 1.29 is 33.5 Å². The Balaban J connectivity index is 2.36. The van der Waals surface area contributed by atoms with Gasteiger partial charge in [-0.1, -0.05) is 26.0 Å². The molecule has 4 atom stereocenters. The summed E-state index contributed by atoms with van der Waals surface area (Å²) in [4.78, 5) is 66.8. The fraction of sp³-hybridized carbons (Fsp3) is 0.593. The van der Waals surface area contributed by atoms with Crippen LogP contribution in [0.3, 0.4) is 0 Å². The van der Waals surface area contributed by atoms with Crippen molar-refractivity contribution in [2.45, 2.75) is 63.7 Å². The van der Waals surface area contributed by atoms with Gasteiger partial charge in [-0.25, -0.2) is 4.39 Å². The molecule has 12 nitrogen and oxygen atoms in total. The first kappa shape index (κ1) is 32.6. The van der Waals surface area contributed by atoms with Gasteiger partial charge in [0.15, 0.2) is 0 Å². The molecule has 13 heteroatoms. The van der Waals surface area contributed by atoms with E-state index in [0.29, 0.717) is 18.5 Å². The van der Waals surface area contributed by atoms with E-state index < -0.39 is 66.1 Å². The Hall–Kier alpha value is -3.58. The molecule has 1 fully saturated rings. The highest BCUT2D eigenvalue weighted by molar-refractivity contribution is 5.93. The van der Waals surface area contributed by atoms with Crippen LogP contribution in [0.1, 0.15) is 51.1 Å². The quantitative estimate of drug-likeness (QED) is 0.228. The zero-order valence-corrected chi connectivity index (χ0v) is 23.5. The molecule has 5 amide bonds. The lowest BCUT2D eigenvalue weighted by Crippen LogP contribution is -2.56. The predicted octanol–water partition coefficient (Wildman–Crippen LogP) is -0.662. The third-order valence-electron chi connectivity index (χ3n) is 6.45. The monoisotopic (exact) mass is 564 g/mol. The third kappa shape index (κ3) is 10.5. The topological polar surface area (TPSA) is 169 Å². The van der Waals surface area contributed by atoms with Crippen molar-refractivity contribution >= 4 is 29.5 Å². The number of nitrogens with one attached hydrogen (secondary N) is 5. The van der Waals surface area contributed by atoms with Crippen LogP contribution in [-0.4, -0.2) is 91.5 Å². The summed E-state index contributed by atoms with van der Waals surface area (Å²) in [6, 6.07) is 0.755. The standard InChI is InChI=1S/C27H41FN6O6/c1-16(2)24-27(40)32-21(15-35)26(39)31-20(17-6-8-18(28)9-7-17)14-23(37)30-19(10-11-22(36)33-24)25(38)29-12-5-13-34(3)4/h6-9,16,19-21,24,35H,5,10-15H2,1-4H3,(H,29,38)(H,30,37)(H,31,39)(H,32,40)(H,33,36)/t19-,20+,21-,24+/m0/s1. The summed E-state index contributed by atoms with van der Waals surface area (Å²) in [5.41, 5.74) is 0.402. The molecule has 222 valence electrons. The fourth-order valence-electron chi connectivity index (χ4n) is 4.17. The molecular formula is C27H41FN6O6. The van der Waals surface area contributed by atoms with Crippen molar-refractivity contribution in [2.75, 3.05) is 33.8 Å². The molecule has 1 aromatic carbocycles. The highest BCUT2D eigenvalue weighted by atomic mass is 19.1. The zero-order chi connectivity index (χ0) is 29.8. The summed E-state index contributed by atoms with van der Waals surface area (Å²) in [7, 11) is 3.81. The van der Waals surface area contributed by atoms with E-state index in [2.05, 4.69) is 26.6 Å². The minimum absolute atomic E-state index is 0.0314. The van der Waals surface area contributed by atoms with E-state index in [1.807, 2.05) is 19.0 Å². The first-order chi connectivity index (χ1) is 18.9. The Kier molecular flexibility index (Phi) is 12.9. The number of halogens is 1. The van der Waals surface area contributed by atoms with Crippen LogP contribution >= 0.6 is 0 Å². The Morgan fingerprint density at radius 1 is 1.02 bits per heavy atom. The van der Waals surface area contributed by atoms with Crippen LogP contribution in [-0.2, 0) is 24.0 Å². The van der Waals surface area contributed by atoms with Crippen molar-refractivity contribution in [1.29, 1.82) is 0 Å². The van der Waals surface area contributed by atoms with Gasteiger partial charge >= 0.3 is 0 Å². The first-order valence-electron chi connectivity index (χ1n) is 13.4. The van der Waals surface area contributed by atoms with E-state index in [4.69, 9.17) is 0 Å². The molecule has 2 rings (SSSR count). The third-order valence-corrected chi connectivity index (χ3v) is 6.45. The Bertz CT molecular complexity index is 1030. The maximum Gasteiger partial charge on any atom is 0.245 e. The highest BCUT2D eigenvalue weighted by Crippen LogP contribution is 2.18. The van der Waals surface area contributed by atoms with Gasteiger partial charge in [0.25, 0.3) is 0 Å². The summed E-state index contributed by atoms with van der Waals surface area (Å²) in [6.07, 6.45) is 0.162. The van der Waals surface area contributed by atoms with E-state index >= 15 is 0 Å². The molecule has 1 heterocycles. The average molecular weight is 565 g/mol. The number of aliphatic hydroxyl groups excluding tert-OH is 1. The lowest BCUT2D eigenvalue weighted by atomic mass is 10.0. The zero-order valence-electron chi connectivity index (χ0n) is 23.5. The maximum atomic E-state index is 13.6. The molecule has 0 aliphatic carbocycles. The molecule has 0 bridgehead atoms. The minimum Gasteiger partial charge on any atom is -0.394 e. The number of carbonyl (C=O) groups is 5. The Labute approximate surface area is 233 Å². The average Bonchev–Trinajstić information content (AvgIpc) is 2.89. The van der Waals surface area contributed by atoms with Gasteiger partial charge in [-0.3, -0.25) is 24.0 Å². The number of benzene rings is 1. The molecule has 40 heavy (non-hydrogen) atoms. The molecule has 0 unspecified atom stereocenters. The fourth-order valence-corrected chi connectivity index (χ4v) is 4.17. The maximum absolute atomic E-state index is 13.6. The Morgan fingerprint density at radius 2 is 1.70 bits per heavy atom. The van der Waals surface area contributed by atoms with Crippen molar-refractivity contribution in [1.82, 2.24) is 31.5 Å². The summed E-state index contributed by atoms with van der Waals surface area (Å²) < 4.78 is 13.6. The second-order valence-electron chi connectivity index (χ2n) is 10.5. The molecule has 1 aromatic rings. The molecule has 0 saturated carbocycles. The number of rotatable bonds is 8. The molecule has 1 aliphatic heterocycles. The van der Waals surface area contributed by atoms with Crippen LogP contribution < -0.4 is 26.6 Å². The predicted molar refractivity (Wildman–Crippen MR) is 145 cm³/mol. The molecular weight excluding hydrogens is 523 g/mol. The lowest BCUT2D eigenvalue weighted by Gasteiger charge is -2.26. The molecule has 1 saturated heterocycles. The Morgan fingerprint density at radius 3 is 2.30 bits per heavy atom. The van der Waals surface area contributed by atoms with E-state index in [1.54, 1.807) is 13.8 Å². The van der Waals surface area contributed by atoms with Crippen LogP contribution in [0.2, 0.25) is 0 Å². The second kappa shape index (κ2) is 15.9. The summed E-state index contributed by atoms with van der Waals surface area (Å²) in [6.45, 7) is 3.78. The minimum atomic E-state index is -1.37. The van der Waals surface area contributed by atoms with Gasteiger partial charge in [0.2, 0.25) is 29.5 Å². The lowest BCUT2D eigenvalue weighted by molar-refractivity contribution is -0.134. The van der Waals surface area contributed by atoms with Crippen molar-refractivity contribution in [3.05, 3.63) is 35.6 Å². The number of nitrogens with zero attached hydrogens (tertiary/aromatic N) is 1. The number of hydrogen-bond acceptors (Lipinski definition) is 7. The van der Waals surface area contributed by atoms with E-state index in [1.165, 1.54) is 24.3 Å². The van der Waals surface area contributed by atoms with Crippen molar-refractivity contribution in [2.24, 2.45) is 5.92 Å². The van der Waals surface area contributed by atoms with E-state index in [0.717, 1.165) is 6.54 Å². The summed E-state index contributed by atoms with van der Waals surface area (Å²) in [5.74, 6) is -3.90. The van der Waals surface area contributed by atoms with Crippen LogP contribution in [0.5, 0.6) is 0 Å². The summed E-state index contributed by atoms with van der Waals surface area (Å²) in [5, 5.41) is 23.0. The van der Waals surface area contributed by atoms with Crippen LogP contribution in [0.15, 0.2) is 24.3 Å². The molecule has 1 aliphatic rings. The van der Waals surface area contributed by atoms with Crippen molar-refractivity contribution in [3.63, 3.8) is 0 Å². The molecule has 0 aromatic heterocycles. The normalized spacial score (nSPS) is 23.4. The summed E-state index contributed by atoms with van der Waals surface area (Å²) >= 11 is 0. The van der Waals surface area contributed by atoms with E-state index in [-0.39, 0.29) is 25.2 Å². The first-order valence-corrected chi connectivity index (χ1v) is 13.4. The van der Waals surface area contributed by atoms with Gasteiger partial charge in [0.1, 0.15) is 23.9 Å². The smallest absolute Gasteiger partial charge is 0.245 e. The van der Waals surface area contributed by atoms with Gasteiger partial charge in [-0.15, -0.1) is 0 Å². The van der Waals surface area contributed by atoms with Crippen molar-refractivity contribution in [3.8, 4) is 0 Å². The molecule has 6 N–H and O–H groups in total. The van der Waals surface area contributed by atoms with Gasteiger partial charge in [0, 0.05) is 13.0 Å². The van der Waals surface area contributed by atoms with Crippen LogP contribution in [0, 0.1) is 11.7 Å². The molecule has 0 radical (unpaired) electrons. The molecule has 0 spiro atoms. The van der Waals surface area contributed by atoms with Gasteiger partial charge in [-0.2, -0.15) is 0 Å². The number of amides is 5. The number of hydrogen-bond donors (Lipinski definition) is 6. The van der Waals surface area contributed by atoms with E-state index in [9.17, 15) is 33.5 Å². The van der Waals surface area contributed by atoms with Crippen LogP contribution in [0.25, 0.3) is 0 Å². The largest absolute Gasteiger partial charge is 0.394 e. The van der Waals surface area contributed by atoms with Gasteiger partial charge < -0.3 is 36.6 Å². The van der Waals surface area contributed by atoms with Crippen LogP contribution in [0.4, 0.5) is 4.39 Å². The second-order valence-corrected chi connectivity index (χ2v) is 10.5.